The van der Waals surface area contributed by atoms with E-state index in [1.54, 1.807) is 35.1 Å². The Labute approximate surface area is 159 Å². The zero-order valence-electron chi connectivity index (χ0n) is 15.7. The number of ketones is 1. The van der Waals surface area contributed by atoms with Crippen LogP contribution in [-0.2, 0) is 15.1 Å². The van der Waals surface area contributed by atoms with Crippen molar-refractivity contribution in [2.45, 2.75) is 39.5 Å². The maximum atomic E-state index is 12.4. The molecule has 144 valence electrons. The molecule has 0 spiro atoms. The van der Waals surface area contributed by atoms with Crippen LogP contribution in [0.2, 0.25) is 0 Å². The topological polar surface area (TPSA) is 89.5 Å². The Bertz CT molecular complexity index is 908. The summed E-state index contributed by atoms with van der Waals surface area (Å²) in [6, 6.07) is 13.1. The minimum atomic E-state index is -4.52. The molecule has 27 heavy (non-hydrogen) atoms. The van der Waals surface area contributed by atoms with Gasteiger partial charge in [-0.25, -0.2) is 4.72 Å². The van der Waals surface area contributed by atoms with Crippen molar-refractivity contribution in [1.29, 1.82) is 0 Å². The quantitative estimate of drug-likeness (QED) is 0.578. The van der Waals surface area contributed by atoms with E-state index >= 15 is 0 Å². The smallest absolute Gasteiger partial charge is 0.366 e. The van der Waals surface area contributed by atoms with E-state index in [-0.39, 0.29) is 23.1 Å². The first-order valence-corrected chi connectivity index (χ1v) is 10.0. The Morgan fingerprint density at radius 2 is 1.37 bits per heavy atom. The summed E-state index contributed by atoms with van der Waals surface area (Å²) in [5, 5.41) is 0. The second-order valence-electron chi connectivity index (χ2n) is 6.74. The highest BCUT2D eigenvalue weighted by atomic mass is 32.2. The van der Waals surface area contributed by atoms with Gasteiger partial charge in [0, 0.05) is 5.56 Å². The molecule has 1 N–H and O–H groups in total. The van der Waals surface area contributed by atoms with Gasteiger partial charge in [0.15, 0.2) is 5.75 Å². The lowest BCUT2D eigenvalue weighted by Gasteiger charge is -2.19. The van der Waals surface area contributed by atoms with Crippen LogP contribution in [0, 0.1) is 0 Å². The molecule has 0 aliphatic carbocycles. The number of hydrogen-bond acceptors (Lipinski definition) is 5. The summed E-state index contributed by atoms with van der Waals surface area (Å²) >= 11 is 0. The predicted octanol–water partition coefficient (Wildman–Crippen LogP) is 3.56. The molecular weight excluding hydrogens is 366 g/mol. The first-order valence-electron chi connectivity index (χ1n) is 8.61. The highest BCUT2D eigenvalue weighted by Gasteiger charge is 2.26. The minimum absolute atomic E-state index is 0.00977. The summed E-state index contributed by atoms with van der Waals surface area (Å²) in [5.41, 5.74) is 1.50. The molecule has 0 heterocycles. The number of hydrogen-bond donors (Lipinski definition) is 1. The standard InChI is InChI=1S/C20H23NO5S/c1-13(2)16-11-8-12-17(14(3)4)19(16)26-27(24,25)21-20(23)18(22)15-9-6-5-7-10-15/h5-14H,1-4H3,(H,21,23). The Morgan fingerprint density at radius 1 is 0.852 bits per heavy atom. The molecule has 0 atom stereocenters. The molecule has 2 aromatic carbocycles. The number of benzene rings is 2. The van der Waals surface area contributed by atoms with Crippen molar-refractivity contribution in [1.82, 2.24) is 4.72 Å². The zero-order chi connectivity index (χ0) is 20.2. The summed E-state index contributed by atoms with van der Waals surface area (Å²) in [7, 11) is -4.52. The molecule has 7 heteroatoms. The predicted molar refractivity (Wildman–Crippen MR) is 103 cm³/mol. The second-order valence-corrected chi connectivity index (χ2v) is 8.02. The fourth-order valence-corrected chi connectivity index (χ4v) is 3.36. The van der Waals surface area contributed by atoms with Gasteiger partial charge in [0.1, 0.15) is 0 Å². The van der Waals surface area contributed by atoms with E-state index in [1.165, 1.54) is 12.1 Å². The van der Waals surface area contributed by atoms with Gasteiger partial charge < -0.3 is 4.18 Å². The van der Waals surface area contributed by atoms with Crippen LogP contribution < -0.4 is 8.91 Å². The van der Waals surface area contributed by atoms with E-state index in [0.717, 1.165) is 0 Å². The average molecular weight is 389 g/mol. The molecule has 0 saturated carbocycles. The first-order chi connectivity index (χ1) is 12.6. The molecular formula is C20H23NO5S. The zero-order valence-corrected chi connectivity index (χ0v) is 16.5. The van der Waals surface area contributed by atoms with Crippen molar-refractivity contribution in [2.24, 2.45) is 0 Å². The fraction of sp³-hybridized carbons (Fsp3) is 0.300. The largest absolute Gasteiger partial charge is 0.410 e. The lowest BCUT2D eigenvalue weighted by atomic mass is 9.94. The van der Waals surface area contributed by atoms with E-state index in [2.05, 4.69) is 0 Å². The summed E-state index contributed by atoms with van der Waals surface area (Å²) < 4.78 is 31.7. The van der Waals surface area contributed by atoms with Crippen molar-refractivity contribution in [3.05, 3.63) is 65.2 Å². The Kier molecular flexibility index (Phi) is 6.38. The van der Waals surface area contributed by atoms with Gasteiger partial charge in [0.05, 0.1) is 0 Å². The lowest BCUT2D eigenvalue weighted by molar-refractivity contribution is -0.115. The van der Waals surface area contributed by atoms with Gasteiger partial charge in [-0.2, -0.15) is 8.42 Å². The molecule has 0 saturated heterocycles. The van der Waals surface area contributed by atoms with E-state index in [1.807, 2.05) is 33.8 Å². The molecule has 1 amide bonds. The van der Waals surface area contributed by atoms with Crippen LogP contribution >= 0.6 is 0 Å². The van der Waals surface area contributed by atoms with Gasteiger partial charge in [0.25, 0.3) is 5.78 Å². The molecule has 0 aliphatic rings. The summed E-state index contributed by atoms with van der Waals surface area (Å²) in [4.78, 5) is 24.2. The number of Topliss-reactive ketones (excluding diaryl/α,β-unsaturated/α-hetero) is 1. The molecule has 0 aliphatic heterocycles. The number of carbonyl (C=O) groups is 2. The molecule has 0 fully saturated rings. The van der Waals surface area contributed by atoms with Crippen molar-refractivity contribution in [2.75, 3.05) is 0 Å². The maximum Gasteiger partial charge on any atom is 0.410 e. The van der Waals surface area contributed by atoms with Crippen molar-refractivity contribution >= 4 is 22.0 Å². The summed E-state index contributed by atoms with van der Waals surface area (Å²) in [5.74, 6) is -2.01. The number of rotatable bonds is 7. The average Bonchev–Trinajstić information content (AvgIpc) is 2.60. The number of nitrogens with one attached hydrogen (secondary N) is 1. The molecule has 0 radical (unpaired) electrons. The van der Waals surface area contributed by atoms with Crippen LogP contribution in [0.15, 0.2) is 48.5 Å². The normalized spacial score (nSPS) is 11.5. The van der Waals surface area contributed by atoms with E-state index < -0.39 is 22.0 Å². The number of amides is 1. The summed E-state index contributed by atoms with van der Waals surface area (Å²) in [6.45, 7) is 7.65. The first kappa shape index (κ1) is 20.6. The number of carbonyl (C=O) groups excluding carboxylic acids is 2. The van der Waals surface area contributed by atoms with Gasteiger partial charge in [-0.05, 0) is 23.0 Å². The van der Waals surface area contributed by atoms with Crippen LogP contribution in [-0.4, -0.2) is 20.1 Å². The third kappa shape index (κ3) is 5.17. The van der Waals surface area contributed by atoms with Crippen LogP contribution in [0.1, 0.15) is 61.0 Å². The highest BCUT2D eigenvalue weighted by Crippen LogP contribution is 2.35. The van der Waals surface area contributed by atoms with Gasteiger partial charge in [-0.3, -0.25) is 9.59 Å². The fourth-order valence-electron chi connectivity index (χ4n) is 2.59. The summed E-state index contributed by atoms with van der Waals surface area (Å²) in [6.07, 6.45) is 0. The molecule has 0 unspecified atom stereocenters. The Morgan fingerprint density at radius 3 is 1.85 bits per heavy atom. The van der Waals surface area contributed by atoms with Gasteiger partial charge in [0.2, 0.25) is 0 Å². The van der Waals surface area contributed by atoms with Crippen molar-refractivity contribution < 1.29 is 22.2 Å². The second kappa shape index (κ2) is 8.35. The van der Waals surface area contributed by atoms with E-state index in [9.17, 15) is 18.0 Å². The van der Waals surface area contributed by atoms with E-state index in [4.69, 9.17) is 4.18 Å². The van der Waals surface area contributed by atoms with Crippen molar-refractivity contribution in [3.63, 3.8) is 0 Å². The lowest BCUT2D eigenvalue weighted by Crippen LogP contribution is -2.38. The van der Waals surface area contributed by atoms with Crippen LogP contribution in [0.3, 0.4) is 0 Å². The molecule has 0 aromatic heterocycles. The van der Waals surface area contributed by atoms with E-state index in [0.29, 0.717) is 11.1 Å². The van der Waals surface area contributed by atoms with Gasteiger partial charge >= 0.3 is 16.2 Å². The molecule has 6 nitrogen and oxygen atoms in total. The highest BCUT2D eigenvalue weighted by molar-refractivity contribution is 7.85. The third-order valence-corrected chi connectivity index (χ3v) is 4.79. The molecule has 2 aromatic rings. The Hall–Kier alpha value is -2.67. The molecule has 0 bridgehead atoms. The SMILES string of the molecule is CC(C)c1cccc(C(C)C)c1OS(=O)(=O)NC(=O)C(=O)c1ccccc1. The van der Waals surface area contributed by atoms with Crippen molar-refractivity contribution in [3.8, 4) is 5.75 Å². The van der Waals surface area contributed by atoms with Gasteiger partial charge in [-0.1, -0.05) is 76.2 Å². The molecule has 2 rings (SSSR count). The van der Waals surface area contributed by atoms with Crippen LogP contribution in [0.5, 0.6) is 5.75 Å². The van der Waals surface area contributed by atoms with Gasteiger partial charge in [-0.15, -0.1) is 0 Å². The minimum Gasteiger partial charge on any atom is -0.366 e. The Balaban J connectivity index is 2.29. The number of para-hydroxylation sites is 1. The monoisotopic (exact) mass is 389 g/mol. The van der Waals surface area contributed by atoms with Crippen LogP contribution in [0.25, 0.3) is 0 Å². The third-order valence-electron chi connectivity index (χ3n) is 3.97. The maximum absolute atomic E-state index is 12.4. The van der Waals surface area contributed by atoms with Crippen LogP contribution in [0.4, 0.5) is 0 Å².